The molecule has 0 amide bonds. The summed E-state index contributed by atoms with van der Waals surface area (Å²) >= 11 is 0. The Bertz CT molecular complexity index is 137. The SMILES string of the molecule is CCCC(O)(CCC)C(=O)OC. The lowest BCUT2D eigenvalue weighted by Gasteiger charge is -2.23. The molecule has 0 rings (SSSR count). The van der Waals surface area contributed by atoms with E-state index in [2.05, 4.69) is 4.74 Å². The number of methoxy groups -OCH3 is 1. The van der Waals surface area contributed by atoms with Crippen LogP contribution in [0, 0.1) is 0 Å². The summed E-state index contributed by atoms with van der Waals surface area (Å²) in [6, 6.07) is 0. The van der Waals surface area contributed by atoms with Gasteiger partial charge < -0.3 is 9.84 Å². The number of ether oxygens (including phenoxy) is 1. The zero-order valence-corrected chi connectivity index (χ0v) is 8.09. The Hall–Kier alpha value is -0.570. The van der Waals surface area contributed by atoms with Crippen LogP contribution in [-0.4, -0.2) is 23.8 Å². The number of esters is 1. The van der Waals surface area contributed by atoms with Crippen LogP contribution < -0.4 is 0 Å². The average Bonchev–Trinajstić information content (AvgIpc) is 2.04. The lowest BCUT2D eigenvalue weighted by molar-refractivity contribution is -0.164. The van der Waals surface area contributed by atoms with Crippen LogP contribution in [0.4, 0.5) is 0 Å². The molecule has 1 N–H and O–H groups in total. The van der Waals surface area contributed by atoms with Gasteiger partial charge in [0.2, 0.25) is 0 Å². The van der Waals surface area contributed by atoms with Gasteiger partial charge in [-0.3, -0.25) is 0 Å². The largest absolute Gasteiger partial charge is 0.467 e. The molecule has 0 saturated carbocycles. The number of hydrogen-bond acceptors (Lipinski definition) is 3. The molecule has 0 spiro atoms. The lowest BCUT2D eigenvalue weighted by Crippen LogP contribution is -2.39. The Morgan fingerprint density at radius 3 is 2.00 bits per heavy atom. The molecule has 0 atom stereocenters. The average molecular weight is 174 g/mol. The fourth-order valence-electron chi connectivity index (χ4n) is 1.35. The maximum absolute atomic E-state index is 11.1. The first kappa shape index (κ1) is 11.4. The van der Waals surface area contributed by atoms with Gasteiger partial charge in [0.15, 0.2) is 5.60 Å². The van der Waals surface area contributed by atoms with E-state index in [1.807, 2.05) is 13.8 Å². The molecular weight excluding hydrogens is 156 g/mol. The predicted molar refractivity (Wildman–Crippen MR) is 46.8 cm³/mol. The van der Waals surface area contributed by atoms with Crippen molar-refractivity contribution < 1.29 is 14.6 Å². The molecule has 0 saturated heterocycles. The van der Waals surface area contributed by atoms with Crippen molar-refractivity contribution in [3.8, 4) is 0 Å². The number of hydrogen-bond donors (Lipinski definition) is 1. The second-order valence-corrected chi connectivity index (χ2v) is 3.02. The van der Waals surface area contributed by atoms with Gasteiger partial charge >= 0.3 is 5.97 Å². The van der Waals surface area contributed by atoms with E-state index in [0.717, 1.165) is 12.8 Å². The highest BCUT2D eigenvalue weighted by molar-refractivity contribution is 5.78. The number of rotatable bonds is 5. The summed E-state index contributed by atoms with van der Waals surface area (Å²) in [4.78, 5) is 11.1. The number of carbonyl (C=O) groups excluding carboxylic acids is 1. The molecule has 72 valence electrons. The van der Waals surface area contributed by atoms with Crippen LogP contribution in [0.15, 0.2) is 0 Å². The van der Waals surface area contributed by atoms with Crippen LogP contribution in [0.5, 0.6) is 0 Å². The molecule has 0 aliphatic heterocycles. The van der Waals surface area contributed by atoms with Crippen LogP contribution in [0.1, 0.15) is 39.5 Å². The fourth-order valence-corrected chi connectivity index (χ4v) is 1.35. The fraction of sp³-hybridized carbons (Fsp3) is 0.889. The summed E-state index contributed by atoms with van der Waals surface area (Å²) in [5.41, 5.74) is -1.25. The molecule has 0 aromatic heterocycles. The van der Waals surface area contributed by atoms with E-state index in [0.29, 0.717) is 12.8 Å². The normalized spacial score (nSPS) is 11.3. The van der Waals surface area contributed by atoms with Crippen LogP contribution in [0.3, 0.4) is 0 Å². The molecular formula is C9H18O3. The van der Waals surface area contributed by atoms with Gasteiger partial charge in [-0.05, 0) is 12.8 Å². The molecule has 0 aliphatic rings. The first-order chi connectivity index (χ1) is 5.60. The molecule has 0 aromatic rings. The maximum Gasteiger partial charge on any atom is 0.337 e. The van der Waals surface area contributed by atoms with Crippen LogP contribution in [-0.2, 0) is 9.53 Å². The standard InChI is InChI=1S/C9H18O3/c1-4-6-9(11,7-5-2)8(10)12-3/h11H,4-7H2,1-3H3. The topological polar surface area (TPSA) is 46.5 Å². The van der Waals surface area contributed by atoms with Crippen molar-refractivity contribution in [1.82, 2.24) is 0 Å². The quantitative estimate of drug-likeness (QED) is 0.642. The first-order valence-corrected chi connectivity index (χ1v) is 4.41. The highest BCUT2D eigenvalue weighted by atomic mass is 16.5. The monoisotopic (exact) mass is 174 g/mol. The van der Waals surface area contributed by atoms with Crippen molar-refractivity contribution in [2.24, 2.45) is 0 Å². The van der Waals surface area contributed by atoms with Crippen molar-refractivity contribution in [2.45, 2.75) is 45.1 Å². The third-order valence-electron chi connectivity index (χ3n) is 1.89. The first-order valence-electron chi connectivity index (χ1n) is 4.41. The predicted octanol–water partition coefficient (Wildman–Crippen LogP) is 1.49. The maximum atomic E-state index is 11.1. The molecule has 0 aromatic carbocycles. The molecule has 3 nitrogen and oxygen atoms in total. The van der Waals surface area contributed by atoms with E-state index in [-0.39, 0.29) is 0 Å². The summed E-state index contributed by atoms with van der Waals surface area (Å²) < 4.78 is 4.53. The van der Waals surface area contributed by atoms with Crippen molar-refractivity contribution in [3.05, 3.63) is 0 Å². The Balaban J connectivity index is 4.26. The van der Waals surface area contributed by atoms with E-state index in [1.54, 1.807) is 0 Å². The lowest BCUT2D eigenvalue weighted by atomic mass is 9.93. The Morgan fingerprint density at radius 2 is 1.75 bits per heavy atom. The van der Waals surface area contributed by atoms with Crippen LogP contribution >= 0.6 is 0 Å². The minimum absolute atomic E-state index is 0.480. The summed E-state index contributed by atoms with van der Waals surface area (Å²) in [7, 11) is 1.30. The van der Waals surface area contributed by atoms with Gasteiger partial charge in [0.1, 0.15) is 0 Å². The molecule has 0 radical (unpaired) electrons. The zero-order chi connectivity index (χ0) is 9.61. The molecule has 0 unspecified atom stereocenters. The van der Waals surface area contributed by atoms with E-state index in [9.17, 15) is 9.90 Å². The Kier molecular flexibility index (Phi) is 4.90. The van der Waals surface area contributed by atoms with Gasteiger partial charge in [0.05, 0.1) is 7.11 Å². The van der Waals surface area contributed by atoms with Crippen LogP contribution in [0.25, 0.3) is 0 Å². The van der Waals surface area contributed by atoms with Gasteiger partial charge in [0.25, 0.3) is 0 Å². The van der Waals surface area contributed by atoms with Gasteiger partial charge in [-0.15, -0.1) is 0 Å². The molecule has 0 aliphatic carbocycles. The summed E-state index contributed by atoms with van der Waals surface area (Å²) in [6.45, 7) is 3.87. The number of aliphatic hydroxyl groups is 1. The molecule has 0 fully saturated rings. The highest BCUT2D eigenvalue weighted by Gasteiger charge is 2.34. The van der Waals surface area contributed by atoms with Gasteiger partial charge in [-0.25, -0.2) is 4.79 Å². The van der Waals surface area contributed by atoms with Gasteiger partial charge in [-0.2, -0.15) is 0 Å². The third-order valence-corrected chi connectivity index (χ3v) is 1.89. The third kappa shape index (κ3) is 2.81. The van der Waals surface area contributed by atoms with Gasteiger partial charge in [-0.1, -0.05) is 26.7 Å². The van der Waals surface area contributed by atoms with Crippen molar-refractivity contribution in [1.29, 1.82) is 0 Å². The molecule has 3 heteroatoms. The highest BCUT2D eigenvalue weighted by Crippen LogP contribution is 2.20. The van der Waals surface area contributed by atoms with E-state index in [1.165, 1.54) is 7.11 Å². The number of carbonyl (C=O) groups is 1. The van der Waals surface area contributed by atoms with E-state index in [4.69, 9.17) is 0 Å². The second-order valence-electron chi connectivity index (χ2n) is 3.02. The Morgan fingerprint density at radius 1 is 1.33 bits per heavy atom. The minimum Gasteiger partial charge on any atom is -0.467 e. The summed E-state index contributed by atoms with van der Waals surface area (Å²) in [5.74, 6) is -0.508. The van der Waals surface area contributed by atoms with Crippen LogP contribution in [0.2, 0.25) is 0 Å². The van der Waals surface area contributed by atoms with Crippen molar-refractivity contribution in [2.75, 3.05) is 7.11 Å². The molecule has 12 heavy (non-hydrogen) atoms. The molecule has 0 bridgehead atoms. The smallest absolute Gasteiger partial charge is 0.337 e. The van der Waals surface area contributed by atoms with Gasteiger partial charge in [0, 0.05) is 0 Å². The summed E-state index contributed by atoms with van der Waals surface area (Å²) in [5, 5.41) is 9.81. The van der Waals surface area contributed by atoms with E-state index < -0.39 is 11.6 Å². The summed E-state index contributed by atoms with van der Waals surface area (Å²) in [6.07, 6.45) is 2.53. The minimum atomic E-state index is -1.25. The Labute approximate surface area is 73.7 Å². The van der Waals surface area contributed by atoms with E-state index >= 15 is 0 Å². The second kappa shape index (κ2) is 5.14. The molecule has 0 heterocycles. The van der Waals surface area contributed by atoms with Crippen molar-refractivity contribution >= 4 is 5.97 Å². The van der Waals surface area contributed by atoms with Crippen molar-refractivity contribution in [3.63, 3.8) is 0 Å². The zero-order valence-electron chi connectivity index (χ0n) is 8.09.